The number of halogens is 1. The minimum absolute atomic E-state index is 0.634. The Morgan fingerprint density at radius 3 is 2.45 bits per heavy atom. The second-order valence-electron chi connectivity index (χ2n) is 5.73. The molecular formula is C16H20ClN3. The first-order valence-electron chi connectivity index (χ1n) is 7.46. The van der Waals surface area contributed by atoms with Gasteiger partial charge in [0.25, 0.3) is 0 Å². The van der Waals surface area contributed by atoms with Crippen LogP contribution >= 0.6 is 11.6 Å². The van der Waals surface area contributed by atoms with Crippen LogP contribution in [0.3, 0.4) is 0 Å². The van der Waals surface area contributed by atoms with Crippen molar-refractivity contribution in [3.8, 4) is 6.07 Å². The highest BCUT2D eigenvalue weighted by atomic mass is 35.5. The second-order valence-corrected chi connectivity index (χ2v) is 6.17. The number of hydrogen-bond acceptors (Lipinski definition) is 3. The molecule has 1 aromatic rings. The summed E-state index contributed by atoms with van der Waals surface area (Å²) in [6, 6.07) is 8.68. The summed E-state index contributed by atoms with van der Waals surface area (Å²) in [6.07, 6.45) is 5.51. The average molecular weight is 290 g/mol. The molecule has 1 aliphatic carbocycles. The van der Waals surface area contributed by atoms with Gasteiger partial charge in [0.05, 0.1) is 11.3 Å². The molecule has 1 saturated carbocycles. The predicted octanol–water partition coefficient (Wildman–Crippen LogP) is 3.28. The molecule has 2 aliphatic rings. The molecule has 1 heterocycles. The number of piperazine rings is 1. The molecular weight excluding hydrogens is 270 g/mol. The van der Waals surface area contributed by atoms with E-state index >= 15 is 0 Å². The van der Waals surface area contributed by atoms with Crippen molar-refractivity contribution < 1.29 is 0 Å². The van der Waals surface area contributed by atoms with E-state index in [1.165, 1.54) is 25.7 Å². The van der Waals surface area contributed by atoms with E-state index in [4.69, 9.17) is 11.6 Å². The van der Waals surface area contributed by atoms with Gasteiger partial charge < -0.3 is 4.90 Å². The largest absolute Gasteiger partial charge is 0.368 e. The zero-order chi connectivity index (χ0) is 13.9. The quantitative estimate of drug-likeness (QED) is 0.837. The van der Waals surface area contributed by atoms with Crippen molar-refractivity contribution in [2.24, 2.45) is 0 Å². The number of benzene rings is 1. The summed E-state index contributed by atoms with van der Waals surface area (Å²) in [5.41, 5.74) is 1.72. The fourth-order valence-corrected chi connectivity index (χ4v) is 3.64. The van der Waals surface area contributed by atoms with Gasteiger partial charge in [-0.1, -0.05) is 24.4 Å². The van der Waals surface area contributed by atoms with Gasteiger partial charge in [0.2, 0.25) is 0 Å². The molecule has 0 unspecified atom stereocenters. The lowest BCUT2D eigenvalue weighted by Crippen LogP contribution is -2.49. The van der Waals surface area contributed by atoms with Gasteiger partial charge in [-0.25, -0.2) is 0 Å². The van der Waals surface area contributed by atoms with Crippen LogP contribution in [0.1, 0.15) is 31.2 Å². The van der Waals surface area contributed by atoms with Crippen molar-refractivity contribution in [2.45, 2.75) is 31.7 Å². The molecule has 1 aromatic carbocycles. The van der Waals surface area contributed by atoms with Crippen molar-refractivity contribution in [3.63, 3.8) is 0 Å². The maximum Gasteiger partial charge on any atom is 0.101 e. The highest BCUT2D eigenvalue weighted by Crippen LogP contribution is 2.28. The van der Waals surface area contributed by atoms with Crippen LogP contribution < -0.4 is 4.90 Å². The molecule has 0 N–H and O–H groups in total. The van der Waals surface area contributed by atoms with Crippen LogP contribution in [-0.4, -0.2) is 37.1 Å². The lowest BCUT2D eigenvalue weighted by Gasteiger charge is -2.39. The van der Waals surface area contributed by atoms with E-state index in [0.29, 0.717) is 10.6 Å². The maximum absolute atomic E-state index is 9.25. The van der Waals surface area contributed by atoms with E-state index < -0.39 is 0 Å². The van der Waals surface area contributed by atoms with Crippen LogP contribution in [0.5, 0.6) is 0 Å². The minimum atomic E-state index is 0.634. The summed E-state index contributed by atoms with van der Waals surface area (Å²) >= 11 is 5.97. The van der Waals surface area contributed by atoms with Gasteiger partial charge >= 0.3 is 0 Å². The lowest BCUT2D eigenvalue weighted by atomic mass is 10.1. The van der Waals surface area contributed by atoms with Crippen LogP contribution in [0.2, 0.25) is 5.02 Å². The molecule has 0 aromatic heterocycles. The Hall–Kier alpha value is -1.24. The monoisotopic (exact) mass is 289 g/mol. The highest BCUT2D eigenvalue weighted by Gasteiger charge is 2.26. The molecule has 4 heteroatoms. The maximum atomic E-state index is 9.25. The van der Waals surface area contributed by atoms with Crippen LogP contribution in [0, 0.1) is 11.3 Å². The predicted molar refractivity (Wildman–Crippen MR) is 82.2 cm³/mol. The van der Waals surface area contributed by atoms with Gasteiger partial charge in [-0.15, -0.1) is 0 Å². The normalized spacial score (nSPS) is 21.1. The SMILES string of the molecule is N#Cc1cc(Cl)ccc1N1CCN(C2CCCC2)CC1. The second kappa shape index (κ2) is 6.03. The summed E-state index contributed by atoms with van der Waals surface area (Å²) in [6.45, 7) is 4.23. The fourth-order valence-electron chi connectivity index (χ4n) is 3.47. The zero-order valence-corrected chi connectivity index (χ0v) is 12.4. The summed E-state index contributed by atoms with van der Waals surface area (Å²) in [5, 5.41) is 9.89. The zero-order valence-electron chi connectivity index (χ0n) is 11.7. The van der Waals surface area contributed by atoms with E-state index in [-0.39, 0.29) is 0 Å². The van der Waals surface area contributed by atoms with Gasteiger partial charge in [-0.05, 0) is 31.0 Å². The van der Waals surface area contributed by atoms with Crippen LogP contribution in [0.4, 0.5) is 5.69 Å². The molecule has 1 saturated heterocycles. The van der Waals surface area contributed by atoms with Gasteiger partial charge in [-0.3, -0.25) is 4.90 Å². The van der Waals surface area contributed by atoms with Gasteiger partial charge in [0.15, 0.2) is 0 Å². The molecule has 0 bridgehead atoms. The molecule has 106 valence electrons. The van der Waals surface area contributed by atoms with Crippen molar-refractivity contribution in [3.05, 3.63) is 28.8 Å². The molecule has 0 spiro atoms. The lowest BCUT2D eigenvalue weighted by molar-refractivity contribution is 0.187. The molecule has 3 rings (SSSR count). The van der Waals surface area contributed by atoms with Gasteiger partial charge in [-0.2, -0.15) is 5.26 Å². The Balaban J connectivity index is 1.67. The third-order valence-electron chi connectivity index (χ3n) is 4.58. The number of nitriles is 1. The molecule has 3 nitrogen and oxygen atoms in total. The van der Waals surface area contributed by atoms with E-state index in [1.54, 1.807) is 6.07 Å². The van der Waals surface area contributed by atoms with Crippen LogP contribution in [0.15, 0.2) is 18.2 Å². The van der Waals surface area contributed by atoms with E-state index in [2.05, 4.69) is 15.9 Å². The summed E-state index contributed by atoms with van der Waals surface area (Å²) < 4.78 is 0. The molecule has 20 heavy (non-hydrogen) atoms. The number of hydrogen-bond donors (Lipinski definition) is 0. The smallest absolute Gasteiger partial charge is 0.101 e. The van der Waals surface area contributed by atoms with Gasteiger partial charge in [0.1, 0.15) is 6.07 Å². The summed E-state index contributed by atoms with van der Waals surface area (Å²) in [4.78, 5) is 4.95. The van der Waals surface area contributed by atoms with Crippen molar-refractivity contribution in [1.29, 1.82) is 5.26 Å². The minimum Gasteiger partial charge on any atom is -0.368 e. The third kappa shape index (κ3) is 2.77. The Morgan fingerprint density at radius 2 is 1.80 bits per heavy atom. The molecule has 2 fully saturated rings. The molecule has 0 atom stereocenters. The molecule has 0 amide bonds. The Morgan fingerprint density at radius 1 is 1.10 bits per heavy atom. The average Bonchev–Trinajstić information content (AvgIpc) is 3.01. The van der Waals surface area contributed by atoms with Crippen LogP contribution in [-0.2, 0) is 0 Å². The molecule has 1 aliphatic heterocycles. The Kier molecular flexibility index (Phi) is 4.14. The topological polar surface area (TPSA) is 30.3 Å². The van der Waals surface area contributed by atoms with Crippen LogP contribution in [0.25, 0.3) is 0 Å². The van der Waals surface area contributed by atoms with E-state index in [1.807, 2.05) is 12.1 Å². The van der Waals surface area contributed by atoms with E-state index in [0.717, 1.165) is 37.9 Å². The highest BCUT2D eigenvalue weighted by molar-refractivity contribution is 6.30. The first kappa shape index (κ1) is 13.7. The summed E-state index contributed by atoms with van der Waals surface area (Å²) in [7, 11) is 0. The fraction of sp³-hybridized carbons (Fsp3) is 0.562. The Bertz CT molecular complexity index is 509. The van der Waals surface area contributed by atoms with Gasteiger partial charge in [0, 0.05) is 37.2 Å². The van der Waals surface area contributed by atoms with Crippen molar-refractivity contribution in [2.75, 3.05) is 31.1 Å². The number of rotatable bonds is 2. The molecule has 0 radical (unpaired) electrons. The first-order chi connectivity index (χ1) is 9.78. The Labute approximate surface area is 125 Å². The summed E-state index contributed by atoms with van der Waals surface area (Å²) in [5.74, 6) is 0. The number of nitrogens with zero attached hydrogens (tertiary/aromatic N) is 3. The van der Waals surface area contributed by atoms with Crippen molar-refractivity contribution >= 4 is 17.3 Å². The number of anilines is 1. The first-order valence-corrected chi connectivity index (χ1v) is 7.84. The van der Waals surface area contributed by atoms with Crippen molar-refractivity contribution in [1.82, 2.24) is 4.90 Å². The standard InChI is InChI=1S/C16H20ClN3/c17-14-5-6-16(13(11-14)12-18)20-9-7-19(8-10-20)15-3-1-2-4-15/h5-6,11,15H,1-4,7-10H2. The van der Waals surface area contributed by atoms with E-state index in [9.17, 15) is 5.26 Å². The third-order valence-corrected chi connectivity index (χ3v) is 4.81.